The summed E-state index contributed by atoms with van der Waals surface area (Å²) in [6.07, 6.45) is 1.77. The van der Waals surface area contributed by atoms with Crippen molar-refractivity contribution in [2.24, 2.45) is 4.99 Å². The van der Waals surface area contributed by atoms with E-state index in [4.69, 9.17) is 4.99 Å². The molecule has 3 heterocycles. The topological polar surface area (TPSA) is 48.8 Å². The van der Waals surface area contributed by atoms with Gasteiger partial charge < -0.3 is 4.90 Å². The van der Waals surface area contributed by atoms with E-state index in [1.54, 1.807) is 22.9 Å². The molecule has 0 saturated carbocycles. The Morgan fingerprint density at radius 2 is 1.68 bits per heavy atom. The van der Waals surface area contributed by atoms with Gasteiger partial charge in [0.05, 0.1) is 28.5 Å². The number of thioether (sulfide) groups is 2. The van der Waals surface area contributed by atoms with Gasteiger partial charge in [0, 0.05) is 23.5 Å². The van der Waals surface area contributed by atoms with Crippen molar-refractivity contribution in [3.63, 3.8) is 0 Å². The molecule has 5 nitrogen and oxygen atoms in total. The fraction of sp³-hybridized carbons (Fsp3) is 0.0741. The van der Waals surface area contributed by atoms with Gasteiger partial charge in [-0.25, -0.2) is 4.99 Å². The lowest BCUT2D eigenvalue weighted by Crippen LogP contribution is -2.29. The molecule has 1 fully saturated rings. The van der Waals surface area contributed by atoms with E-state index in [2.05, 4.69) is 22.0 Å². The Hall–Kier alpha value is -3.55. The minimum Gasteiger partial charge on any atom is -0.337 e. The van der Waals surface area contributed by atoms with Crippen LogP contribution in [0, 0.1) is 0 Å². The predicted octanol–water partition coefficient (Wildman–Crippen LogP) is 6.41. The first-order valence-corrected chi connectivity index (χ1v) is 12.5. The molecule has 0 unspecified atom stereocenters. The highest BCUT2D eigenvalue weighted by Crippen LogP contribution is 2.50. The van der Waals surface area contributed by atoms with Gasteiger partial charge in [0.2, 0.25) is 0 Å². The van der Waals surface area contributed by atoms with Gasteiger partial charge in [-0.2, -0.15) is 0 Å². The zero-order chi connectivity index (χ0) is 23.1. The molecule has 0 N–H and O–H groups in total. The van der Waals surface area contributed by atoms with E-state index in [1.807, 2.05) is 79.8 Å². The van der Waals surface area contributed by atoms with Crippen molar-refractivity contribution in [2.75, 3.05) is 11.9 Å². The van der Waals surface area contributed by atoms with Crippen LogP contribution in [0.25, 0.3) is 10.9 Å². The number of nitrogens with zero attached hydrogens (tertiary/aromatic N) is 4. The molecule has 0 radical (unpaired) electrons. The molecule has 2 aliphatic heterocycles. The minimum atomic E-state index is -0.0250. The summed E-state index contributed by atoms with van der Waals surface area (Å²) in [4.78, 5) is 29.0. The maximum atomic E-state index is 13.8. The van der Waals surface area contributed by atoms with Gasteiger partial charge in [0.25, 0.3) is 5.91 Å². The number of anilines is 1. The van der Waals surface area contributed by atoms with Crippen LogP contribution in [0.3, 0.4) is 0 Å². The normalized spacial score (nSPS) is 18.9. The van der Waals surface area contributed by atoms with E-state index in [1.165, 1.54) is 11.8 Å². The van der Waals surface area contributed by atoms with Crippen molar-refractivity contribution in [1.82, 2.24) is 9.88 Å². The van der Waals surface area contributed by atoms with E-state index in [9.17, 15) is 4.79 Å². The molecule has 34 heavy (non-hydrogen) atoms. The number of para-hydroxylation sites is 2. The highest BCUT2D eigenvalue weighted by Gasteiger charge is 2.39. The van der Waals surface area contributed by atoms with Gasteiger partial charge in [0.15, 0.2) is 5.17 Å². The molecule has 0 aliphatic carbocycles. The third kappa shape index (κ3) is 3.67. The number of rotatable bonds is 3. The van der Waals surface area contributed by atoms with Crippen LogP contribution in [0.4, 0.5) is 11.4 Å². The first-order valence-electron chi connectivity index (χ1n) is 10.9. The SMILES string of the molecule is CN1/C(=C2/SC(=Nc3cccc4cccnc34)N(Cc3ccccc3)C2=O)Sc2ccccc21. The number of amides is 1. The van der Waals surface area contributed by atoms with Gasteiger partial charge in [-0.3, -0.25) is 14.7 Å². The summed E-state index contributed by atoms with van der Waals surface area (Å²) in [5.41, 5.74) is 3.75. The second kappa shape index (κ2) is 8.66. The smallest absolute Gasteiger partial charge is 0.269 e. The summed E-state index contributed by atoms with van der Waals surface area (Å²) >= 11 is 3.07. The van der Waals surface area contributed by atoms with Gasteiger partial charge in [-0.1, -0.05) is 72.4 Å². The van der Waals surface area contributed by atoms with Gasteiger partial charge in [-0.15, -0.1) is 0 Å². The van der Waals surface area contributed by atoms with E-state index in [-0.39, 0.29) is 5.91 Å². The van der Waals surface area contributed by atoms with Gasteiger partial charge in [-0.05, 0) is 41.6 Å². The highest BCUT2D eigenvalue weighted by atomic mass is 32.2. The second-order valence-corrected chi connectivity index (χ2v) is 10.00. The van der Waals surface area contributed by atoms with Gasteiger partial charge >= 0.3 is 0 Å². The standard InChI is InChI=1S/C27H20N4OS2/c1-30-21-14-5-6-15-22(21)33-26(30)24-25(32)31(17-18-9-3-2-4-10-18)27(34-24)29-20-13-7-11-19-12-8-16-28-23(19)20/h2-16H,17H2,1H3/b26-24-,29-27?. The number of carbonyl (C=O) groups is 1. The fourth-order valence-electron chi connectivity index (χ4n) is 4.11. The maximum absolute atomic E-state index is 13.8. The van der Waals surface area contributed by atoms with E-state index >= 15 is 0 Å². The monoisotopic (exact) mass is 480 g/mol. The Morgan fingerprint density at radius 1 is 0.882 bits per heavy atom. The number of aliphatic imine (C=N–C) groups is 1. The van der Waals surface area contributed by atoms with Crippen LogP contribution < -0.4 is 4.90 Å². The molecule has 1 saturated heterocycles. The summed E-state index contributed by atoms with van der Waals surface area (Å²) in [5.74, 6) is -0.0250. The summed E-state index contributed by atoms with van der Waals surface area (Å²) in [5, 5.41) is 2.63. The largest absolute Gasteiger partial charge is 0.337 e. The Balaban J connectivity index is 1.45. The molecule has 7 heteroatoms. The lowest BCUT2D eigenvalue weighted by molar-refractivity contribution is -0.122. The van der Waals surface area contributed by atoms with E-state index in [0.717, 1.165) is 37.8 Å². The fourth-order valence-corrected chi connectivity index (χ4v) is 6.44. The average Bonchev–Trinajstić information content (AvgIpc) is 3.36. The molecule has 3 aromatic carbocycles. The van der Waals surface area contributed by atoms with E-state index < -0.39 is 0 Å². The maximum Gasteiger partial charge on any atom is 0.269 e. The number of aromatic nitrogens is 1. The molecule has 0 atom stereocenters. The average molecular weight is 481 g/mol. The van der Waals surface area contributed by atoms with Crippen molar-refractivity contribution in [3.05, 3.63) is 107 Å². The van der Waals surface area contributed by atoms with Crippen molar-refractivity contribution in [2.45, 2.75) is 11.4 Å². The summed E-state index contributed by atoms with van der Waals surface area (Å²) in [7, 11) is 2.01. The van der Waals surface area contributed by atoms with Crippen LogP contribution in [0.15, 0.2) is 111 Å². The first-order chi connectivity index (χ1) is 16.7. The Kier molecular flexibility index (Phi) is 5.36. The summed E-state index contributed by atoms with van der Waals surface area (Å²) in [6, 6.07) is 28.1. The van der Waals surface area contributed by atoms with Gasteiger partial charge in [0.1, 0.15) is 4.91 Å². The highest BCUT2D eigenvalue weighted by molar-refractivity contribution is 8.19. The predicted molar refractivity (Wildman–Crippen MR) is 141 cm³/mol. The number of hydrogen-bond donors (Lipinski definition) is 0. The Bertz CT molecular complexity index is 1480. The van der Waals surface area contributed by atoms with Crippen LogP contribution in [-0.4, -0.2) is 28.0 Å². The number of carbonyl (C=O) groups excluding carboxylic acids is 1. The third-order valence-corrected chi connectivity index (χ3v) is 8.24. The Labute approximate surface area is 206 Å². The molecular formula is C27H20N4OS2. The lowest BCUT2D eigenvalue weighted by Gasteiger charge is -2.17. The molecule has 166 valence electrons. The van der Waals surface area contributed by atoms with Crippen LogP contribution in [0.2, 0.25) is 0 Å². The zero-order valence-corrected chi connectivity index (χ0v) is 20.0. The van der Waals surface area contributed by atoms with Crippen LogP contribution >= 0.6 is 23.5 Å². The molecule has 4 aromatic rings. The zero-order valence-electron chi connectivity index (χ0n) is 18.4. The minimum absolute atomic E-state index is 0.0250. The molecule has 0 spiro atoms. The van der Waals surface area contributed by atoms with Crippen LogP contribution in [0.5, 0.6) is 0 Å². The molecule has 0 bridgehead atoms. The molecule has 6 rings (SSSR count). The number of benzene rings is 3. The molecule has 1 aromatic heterocycles. The quantitative estimate of drug-likeness (QED) is 0.317. The molecular weight excluding hydrogens is 460 g/mol. The number of amidine groups is 1. The first kappa shape index (κ1) is 21.0. The van der Waals surface area contributed by atoms with Crippen LogP contribution in [0.1, 0.15) is 5.56 Å². The summed E-state index contributed by atoms with van der Waals surface area (Å²) in [6.45, 7) is 0.460. The van der Waals surface area contributed by atoms with Crippen molar-refractivity contribution in [1.29, 1.82) is 0 Å². The summed E-state index contributed by atoms with van der Waals surface area (Å²) < 4.78 is 0. The number of fused-ring (bicyclic) bond motifs is 2. The van der Waals surface area contributed by atoms with E-state index in [0.29, 0.717) is 16.6 Å². The number of pyridine rings is 1. The van der Waals surface area contributed by atoms with Crippen molar-refractivity contribution >= 4 is 56.9 Å². The second-order valence-electron chi connectivity index (χ2n) is 7.99. The number of hydrogen-bond acceptors (Lipinski definition) is 6. The molecule has 2 aliphatic rings. The third-order valence-electron chi connectivity index (χ3n) is 5.81. The van der Waals surface area contributed by atoms with Crippen molar-refractivity contribution < 1.29 is 4.79 Å². The van der Waals surface area contributed by atoms with Crippen molar-refractivity contribution in [3.8, 4) is 0 Å². The van der Waals surface area contributed by atoms with Crippen LogP contribution in [-0.2, 0) is 11.3 Å². The molecule has 1 amide bonds. The Morgan fingerprint density at radius 3 is 2.53 bits per heavy atom. The lowest BCUT2D eigenvalue weighted by atomic mass is 10.2.